The Morgan fingerprint density at radius 3 is 2.89 bits per heavy atom. The maximum atomic E-state index is 13.2. The van der Waals surface area contributed by atoms with Crippen LogP contribution >= 0.6 is 11.6 Å². The fourth-order valence-corrected chi connectivity index (χ4v) is 4.66. The van der Waals surface area contributed by atoms with Crippen LogP contribution in [-0.4, -0.2) is 42.3 Å². The molecule has 0 radical (unpaired) electrons. The van der Waals surface area contributed by atoms with Crippen LogP contribution in [-0.2, 0) is 6.42 Å². The number of hydrogen-bond acceptors (Lipinski definition) is 5. The molecule has 0 aromatic heterocycles. The number of rotatable bonds is 2. The molecule has 5 nitrogen and oxygen atoms in total. The highest BCUT2D eigenvalue weighted by Gasteiger charge is 2.35. The van der Waals surface area contributed by atoms with Crippen LogP contribution in [0.4, 0.5) is 5.69 Å². The van der Waals surface area contributed by atoms with Gasteiger partial charge >= 0.3 is 0 Å². The predicted octanol–water partition coefficient (Wildman–Crippen LogP) is 3.66. The molecular weight excluding hydrogens is 372 g/mol. The zero-order chi connectivity index (χ0) is 19.1. The van der Waals surface area contributed by atoms with Gasteiger partial charge in [0.1, 0.15) is 6.04 Å². The van der Waals surface area contributed by atoms with Crippen LogP contribution in [0, 0.1) is 0 Å². The molecule has 2 aromatic rings. The molecule has 0 amide bonds. The van der Waals surface area contributed by atoms with E-state index in [0.29, 0.717) is 17.1 Å². The molecule has 1 fully saturated rings. The number of hydrogen-bond donors (Lipinski definition) is 2. The number of carbonyl (C=O) groups is 1. The molecule has 1 aliphatic carbocycles. The zero-order valence-corrected chi connectivity index (χ0v) is 16.4. The minimum Gasteiger partial charge on any atom is -0.330 e. The molecule has 6 heteroatoms. The van der Waals surface area contributed by atoms with E-state index in [-0.39, 0.29) is 17.9 Å². The van der Waals surface area contributed by atoms with Crippen LogP contribution in [0.2, 0.25) is 5.02 Å². The summed E-state index contributed by atoms with van der Waals surface area (Å²) in [6, 6.07) is 13.5. The number of aryl methyl sites for hydroxylation is 1. The van der Waals surface area contributed by atoms with Crippen molar-refractivity contribution in [2.24, 2.45) is 4.99 Å². The Hall–Kier alpha value is -2.37. The van der Waals surface area contributed by atoms with E-state index in [1.54, 1.807) is 24.3 Å². The quantitative estimate of drug-likeness (QED) is 0.763. The molecule has 2 atom stereocenters. The number of Topliss-reactive ketones (excluding diaryl/α,β-unsaturated/α-hetero) is 1. The smallest absolute Gasteiger partial charge is 0.199 e. The normalized spacial score (nSPS) is 23.5. The fourth-order valence-electron chi connectivity index (χ4n) is 4.54. The number of carbonyl (C=O) groups excluding carboxylic acids is 1. The Bertz CT molecular complexity index is 940. The number of ketones is 1. The van der Waals surface area contributed by atoms with E-state index in [2.05, 4.69) is 33.7 Å². The molecule has 1 saturated heterocycles. The van der Waals surface area contributed by atoms with Gasteiger partial charge < -0.3 is 15.5 Å². The van der Waals surface area contributed by atoms with Crippen LogP contribution in [0.5, 0.6) is 0 Å². The third kappa shape index (κ3) is 3.09. The van der Waals surface area contributed by atoms with Crippen molar-refractivity contribution in [2.75, 3.05) is 25.0 Å². The van der Waals surface area contributed by atoms with Crippen molar-refractivity contribution in [3.05, 3.63) is 64.2 Å². The van der Waals surface area contributed by atoms with Crippen LogP contribution in [0.15, 0.2) is 47.5 Å². The van der Waals surface area contributed by atoms with E-state index in [1.807, 2.05) is 0 Å². The summed E-state index contributed by atoms with van der Waals surface area (Å²) in [7, 11) is 0. The Morgan fingerprint density at radius 2 is 2.04 bits per heavy atom. The molecule has 2 N–H and O–H groups in total. The van der Waals surface area contributed by atoms with Crippen LogP contribution in [0.3, 0.4) is 0 Å². The maximum absolute atomic E-state index is 13.2. The molecule has 144 valence electrons. The van der Waals surface area contributed by atoms with Gasteiger partial charge in [-0.3, -0.25) is 4.79 Å². The number of anilines is 1. The van der Waals surface area contributed by atoms with Gasteiger partial charge in [-0.2, -0.15) is 0 Å². The lowest BCUT2D eigenvalue weighted by Crippen LogP contribution is -2.59. The van der Waals surface area contributed by atoms with E-state index in [0.717, 1.165) is 44.0 Å². The summed E-state index contributed by atoms with van der Waals surface area (Å²) >= 11 is 5.99. The molecule has 2 aliphatic heterocycles. The molecular formula is C22H23ClN4O. The van der Waals surface area contributed by atoms with E-state index in [9.17, 15) is 4.79 Å². The Morgan fingerprint density at radius 1 is 1.18 bits per heavy atom. The molecule has 2 unspecified atom stereocenters. The van der Waals surface area contributed by atoms with Crippen molar-refractivity contribution < 1.29 is 4.79 Å². The third-order valence-corrected chi connectivity index (χ3v) is 6.18. The second-order valence-electron chi connectivity index (χ2n) is 7.65. The molecule has 5 rings (SSSR count). The fraction of sp³-hybridized carbons (Fsp3) is 0.364. The number of halogens is 1. The Labute approximate surface area is 169 Å². The average molecular weight is 395 g/mol. The number of guanidine groups is 1. The summed E-state index contributed by atoms with van der Waals surface area (Å²) in [5.74, 6) is 0.918. The summed E-state index contributed by atoms with van der Waals surface area (Å²) in [5, 5.41) is 7.52. The topological polar surface area (TPSA) is 56.7 Å². The SMILES string of the molecule is O=C(c1ccc(Cl)cc1)C1CNCCN1C1=NC2CCCc3cccc(c32)N1. The summed E-state index contributed by atoms with van der Waals surface area (Å²) < 4.78 is 0. The number of nitrogens with one attached hydrogen (secondary N) is 2. The van der Waals surface area contributed by atoms with Gasteiger partial charge in [-0.15, -0.1) is 0 Å². The number of aliphatic imine (C=N–C) groups is 1. The van der Waals surface area contributed by atoms with Crippen molar-refractivity contribution in [2.45, 2.75) is 31.3 Å². The van der Waals surface area contributed by atoms with Crippen molar-refractivity contribution in [3.8, 4) is 0 Å². The van der Waals surface area contributed by atoms with E-state index < -0.39 is 0 Å². The van der Waals surface area contributed by atoms with Gasteiger partial charge in [0.05, 0.1) is 6.04 Å². The van der Waals surface area contributed by atoms with E-state index in [1.165, 1.54) is 11.1 Å². The van der Waals surface area contributed by atoms with Crippen molar-refractivity contribution in [3.63, 3.8) is 0 Å². The molecule has 0 bridgehead atoms. The lowest BCUT2D eigenvalue weighted by molar-refractivity contribution is 0.0864. The summed E-state index contributed by atoms with van der Waals surface area (Å²) in [6.07, 6.45) is 3.35. The van der Waals surface area contributed by atoms with Crippen molar-refractivity contribution in [1.82, 2.24) is 10.2 Å². The first-order valence-corrected chi connectivity index (χ1v) is 10.3. The Balaban J connectivity index is 1.46. The summed E-state index contributed by atoms with van der Waals surface area (Å²) in [5.41, 5.74) is 4.56. The van der Waals surface area contributed by atoms with Crippen LogP contribution < -0.4 is 10.6 Å². The van der Waals surface area contributed by atoms with Crippen molar-refractivity contribution in [1.29, 1.82) is 0 Å². The van der Waals surface area contributed by atoms with Crippen molar-refractivity contribution >= 4 is 29.0 Å². The number of benzene rings is 2. The first-order valence-electron chi connectivity index (χ1n) is 9.94. The standard InChI is InChI=1S/C22H23ClN4O/c23-16-9-7-15(8-10-16)21(28)19-13-24-11-12-27(19)22-25-17-5-1-3-14-4-2-6-18(26-22)20(14)17/h1,3,5,7-10,18-19,24H,2,4,6,11-13H2,(H,25,26). The second-order valence-corrected chi connectivity index (χ2v) is 8.09. The maximum Gasteiger partial charge on any atom is 0.199 e. The summed E-state index contributed by atoms with van der Waals surface area (Å²) in [6.45, 7) is 2.19. The number of piperazine rings is 1. The lowest BCUT2D eigenvalue weighted by atomic mass is 9.86. The van der Waals surface area contributed by atoms with Gasteiger partial charge in [0.2, 0.25) is 0 Å². The third-order valence-electron chi connectivity index (χ3n) is 5.92. The van der Waals surface area contributed by atoms with Gasteiger partial charge in [0.25, 0.3) is 0 Å². The van der Waals surface area contributed by atoms with Gasteiger partial charge in [0.15, 0.2) is 11.7 Å². The van der Waals surface area contributed by atoms with Gasteiger partial charge in [-0.1, -0.05) is 23.7 Å². The van der Waals surface area contributed by atoms with Gasteiger partial charge in [-0.05, 0) is 55.2 Å². The predicted molar refractivity (Wildman–Crippen MR) is 112 cm³/mol. The zero-order valence-electron chi connectivity index (χ0n) is 15.6. The largest absolute Gasteiger partial charge is 0.330 e. The highest BCUT2D eigenvalue weighted by atomic mass is 35.5. The lowest BCUT2D eigenvalue weighted by Gasteiger charge is -2.40. The molecule has 2 aromatic carbocycles. The van der Waals surface area contributed by atoms with Crippen LogP contribution in [0.1, 0.15) is 40.4 Å². The van der Waals surface area contributed by atoms with E-state index in [4.69, 9.17) is 16.6 Å². The van der Waals surface area contributed by atoms with Gasteiger partial charge in [-0.25, -0.2) is 4.99 Å². The summed E-state index contributed by atoms with van der Waals surface area (Å²) in [4.78, 5) is 20.4. The highest BCUT2D eigenvalue weighted by molar-refractivity contribution is 6.30. The molecule has 0 saturated carbocycles. The second kappa shape index (κ2) is 7.22. The van der Waals surface area contributed by atoms with E-state index >= 15 is 0 Å². The minimum absolute atomic E-state index is 0.0940. The average Bonchev–Trinajstić information content (AvgIpc) is 2.74. The Kier molecular flexibility index (Phi) is 4.57. The first-order chi connectivity index (χ1) is 13.7. The highest BCUT2D eigenvalue weighted by Crippen LogP contribution is 2.40. The number of nitrogens with zero attached hydrogens (tertiary/aromatic N) is 2. The van der Waals surface area contributed by atoms with Crippen LogP contribution in [0.25, 0.3) is 0 Å². The molecule has 0 spiro atoms. The monoisotopic (exact) mass is 394 g/mol. The first kappa shape index (κ1) is 17.7. The molecule has 3 aliphatic rings. The minimum atomic E-state index is -0.283. The molecule has 28 heavy (non-hydrogen) atoms. The van der Waals surface area contributed by atoms with Gasteiger partial charge in [0, 0.05) is 41.5 Å². The molecule has 2 heterocycles.